The zero-order valence-electron chi connectivity index (χ0n) is 16.2. The van der Waals surface area contributed by atoms with Crippen LogP contribution in [0.5, 0.6) is 0 Å². The first kappa shape index (κ1) is 23.4. The lowest BCUT2D eigenvalue weighted by Crippen LogP contribution is -2.16. The molecule has 32 heavy (non-hydrogen) atoms. The Balaban J connectivity index is 2.15. The quantitative estimate of drug-likeness (QED) is 0.178. The van der Waals surface area contributed by atoms with Crippen LogP contribution >= 0.6 is 15.9 Å². The molecule has 3 rings (SSSR count). The van der Waals surface area contributed by atoms with Gasteiger partial charge in [-0.3, -0.25) is 14.9 Å². The van der Waals surface area contributed by atoms with Crippen LogP contribution in [0, 0.1) is 21.7 Å². The second kappa shape index (κ2) is 9.49. The van der Waals surface area contributed by atoms with E-state index in [9.17, 15) is 32.1 Å². The first-order valence-electron chi connectivity index (χ1n) is 9.00. The molecule has 3 aromatic rings. The van der Waals surface area contributed by atoms with Gasteiger partial charge in [-0.05, 0) is 54.1 Å². The van der Waals surface area contributed by atoms with E-state index < -0.39 is 54.1 Å². The number of carbonyl (C=O) groups excluding carboxylic acids is 1. The Morgan fingerprint density at radius 2 is 1.62 bits per heavy atom. The fourth-order valence-corrected chi connectivity index (χ4v) is 4.57. The minimum Gasteiger partial charge on any atom is -0.288 e. The summed E-state index contributed by atoms with van der Waals surface area (Å²) in [5.41, 5.74) is -0.667. The van der Waals surface area contributed by atoms with Gasteiger partial charge in [0.1, 0.15) is 16.5 Å². The molecule has 0 amide bonds. The van der Waals surface area contributed by atoms with Crippen LogP contribution in [0.1, 0.15) is 21.5 Å². The average molecular weight is 522 g/mol. The summed E-state index contributed by atoms with van der Waals surface area (Å²) in [6, 6.07) is 13.1. The van der Waals surface area contributed by atoms with Crippen LogP contribution in [0.15, 0.2) is 76.1 Å². The molecule has 164 valence electrons. The molecule has 0 unspecified atom stereocenters. The van der Waals surface area contributed by atoms with Gasteiger partial charge >= 0.3 is 0 Å². The van der Waals surface area contributed by atoms with Crippen molar-refractivity contribution in [3.05, 3.63) is 115 Å². The molecule has 0 N–H and O–H groups in total. The molecule has 0 saturated heterocycles. The predicted octanol–water partition coefficient (Wildman–Crippen LogP) is 5.47. The van der Waals surface area contributed by atoms with Crippen LogP contribution in [-0.2, 0) is 15.6 Å². The number of ketones is 1. The number of Topliss-reactive ketones (excluding diaryl/α,β-unsaturated/α-hetero) is 1. The fourth-order valence-electron chi connectivity index (χ4n) is 2.81. The van der Waals surface area contributed by atoms with E-state index in [2.05, 4.69) is 15.9 Å². The van der Waals surface area contributed by atoms with Crippen molar-refractivity contribution >= 4 is 43.3 Å². The number of non-ortho nitro benzene ring substituents is 1. The van der Waals surface area contributed by atoms with Gasteiger partial charge in [0.05, 0.1) is 10.7 Å². The Kier molecular flexibility index (Phi) is 6.95. The molecule has 6 nitrogen and oxygen atoms in total. The highest BCUT2D eigenvalue weighted by molar-refractivity contribution is 9.10. The number of hydrogen-bond donors (Lipinski definition) is 0. The van der Waals surface area contributed by atoms with Gasteiger partial charge in [-0.2, -0.15) is 0 Å². The Morgan fingerprint density at radius 3 is 2.22 bits per heavy atom. The molecule has 0 aromatic heterocycles. The number of benzene rings is 3. The number of carbonyl (C=O) groups is 1. The SMILES string of the molecule is O=C(/C(=C\c1cc([N+](=O)[O-])ccc1F)S(=O)(=O)Cc1ccc(F)cc1)c1ccc(Br)cc1. The molecule has 0 bridgehead atoms. The van der Waals surface area contributed by atoms with E-state index in [1.54, 1.807) is 0 Å². The summed E-state index contributed by atoms with van der Waals surface area (Å²) < 4.78 is 54.5. The molecule has 0 heterocycles. The standard InChI is InChI=1S/C22H14BrF2NO5S/c23-17-5-3-15(4-6-17)22(27)21(12-16-11-19(26(28)29)9-10-20(16)25)32(30,31)13-14-1-7-18(24)8-2-14/h1-12H,13H2/b21-12+. The zero-order chi connectivity index (χ0) is 23.5. The molecule has 10 heteroatoms. The van der Waals surface area contributed by atoms with Crippen molar-refractivity contribution in [3.8, 4) is 0 Å². The number of sulfone groups is 1. The maximum absolute atomic E-state index is 14.4. The normalized spacial score (nSPS) is 11.9. The van der Waals surface area contributed by atoms with Crippen molar-refractivity contribution in [1.29, 1.82) is 0 Å². The van der Waals surface area contributed by atoms with Crippen molar-refractivity contribution in [2.24, 2.45) is 0 Å². The van der Waals surface area contributed by atoms with Crippen LogP contribution in [0.4, 0.5) is 14.5 Å². The maximum Gasteiger partial charge on any atom is 0.270 e. The molecule has 0 atom stereocenters. The van der Waals surface area contributed by atoms with Gasteiger partial charge in [0, 0.05) is 27.7 Å². The zero-order valence-corrected chi connectivity index (χ0v) is 18.6. The van der Waals surface area contributed by atoms with Gasteiger partial charge in [0.15, 0.2) is 9.84 Å². The van der Waals surface area contributed by atoms with Crippen LogP contribution in [0.2, 0.25) is 0 Å². The van der Waals surface area contributed by atoms with Gasteiger partial charge < -0.3 is 0 Å². The topological polar surface area (TPSA) is 94.3 Å². The van der Waals surface area contributed by atoms with Crippen LogP contribution in [0.25, 0.3) is 6.08 Å². The minimum absolute atomic E-state index is 0.0213. The van der Waals surface area contributed by atoms with Crippen LogP contribution in [-0.4, -0.2) is 19.1 Å². The molecule has 3 aromatic carbocycles. The van der Waals surface area contributed by atoms with E-state index >= 15 is 0 Å². The highest BCUT2D eigenvalue weighted by Crippen LogP contribution is 2.26. The lowest BCUT2D eigenvalue weighted by atomic mass is 10.1. The Morgan fingerprint density at radius 1 is 1.00 bits per heavy atom. The smallest absolute Gasteiger partial charge is 0.270 e. The Hall–Kier alpha value is -3.24. The molecule has 0 radical (unpaired) electrons. The summed E-state index contributed by atoms with van der Waals surface area (Å²) in [4.78, 5) is 22.6. The predicted molar refractivity (Wildman–Crippen MR) is 119 cm³/mol. The Bertz CT molecular complexity index is 1320. The van der Waals surface area contributed by atoms with E-state index in [1.165, 1.54) is 36.4 Å². The maximum atomic E-state index is 14.4. The van der Waals surface area contributed by atoms with Crippen molar-refractivity contribution in [2.75, 3.05) is 0 Å². The molecular weight excluding hydrogens is 508 g/mol. The largest absolute Gasteiger partial charge is 0.288 e. The van der Waals surface area contributed by atoms with Crippen LogP contribution < -0.4 is 0 Å². The van der Waals surface area contributed by atoms with E-state index in [-0.39, 0.29) is 11.1 Å². The van der Waals surface area contributed by atoms with E-state index in [1.807, 2.05) is 0 Å². The molecular formula is C22H14BrF2NO5S. The summed E-state index contributed by atoms with van der Waals surface area (Å²) in [7, 11) is -4.35. The highest BCUT2D eigenvalue weighted by atomic mass is 79.9. The summed E-state index contributed by atoms with van der Waals surface area (Å²) in [5.74, 6) is -3.07. The van der Waals surface area contributed by atoms with Gasteiger partial charge in [-0.15, -0.1) is 0 Å². The first-order chi connectivity index (χ1) is 15.1. The second-order valence-electron chi connectivity index (χ2n) is 6.69. The second-order valence-corrected chi connectivity index (χ2v) is 9.57. The lowest BCUT2D eigenvalue weighted by Gasteiger charge is -2.10. The first-order valence-corrected chi connectivity index (χ1v) is 11.4. The highest BCUT2D eigenvalue weighted by Gasteiger charge is 2.27. The van der Waals surface area contributed by atoms with Gasteiger partial charge in [0.25, 0.3) is 5.69 Å². The number of nitrogens with zero attached hydrogens (tertiary/aromatic N) is 1. The summed E-state index contributed by atoms with van der Waals surface area (Å²) in [6.45, 7) is 0. The molecule has 0 aliphatic carbocycles. The summed E-state index contributed by atoms with van der Waals surface area (Å²) in [5, 5.41) is 11.0. The molecule has 0 fully saturated rings. The third kappa shape index (κ3) is 5.51. The summed E-state index contributed by atoms with van der Waals surface area (Å²) >= 11 is 3.22. The average Bonchev–Trinajstić information content (AvgIpc) is 2.74. The molecule has 0 aliphatic heterocycles. The minimum atomic E-state index is -4.35. The van der Waals surface area contributed by atoms with E-state index in [0.29, 0.717) is 4.47 Å². The van der Waals surface area contributed by atoms with Crippen molar-refractivity contribution in [3.63, 3.8) is 0 Å². The van der Waals surface area contributed by atoms with Crippen molar-refractivity contribution in [2.45, 2.75) is 5.75 Å². The number of rotatable bonds is 7. The monoisotopic (exact) mass is 521 g/mol. The number of halogens is 3. The number of nitro benzene ring substituents is 1. The molecule has 0 saturated carbocycles. The van der Waals surface area contributed by atoms with Crippen molar-refractivity contribution < 1.29 is 26.9 Å². The summed E-state index contributed by atoms with van der Waals surface area (Å²) in [6.07, 6.45) is 0.783. The van der Waals surface area contributed by atoms with E-state index in [0.717, 1.165) is 36.4 Å². The van der Waals surface area contributed by atoms with Crippen molar-refractivity contribution in [1.82, 2.24) is 0 Å². The van der Waals surface area contributed by atoms with E-state index in [4.69, 9.17) is 0 Å². The Labute approximate surface area is 190 Å². The number of nitro groups is 1. The van der Waals surface area contributed by atoms with Gasteiger partial charge in [-0.1, -0.05) is 28.1 Å². The van der Waals surface area contributed by atoms with Gasteiger partial charge in [-0.25, -0.2) is 17.2 Å². The third-order valence-electron chi connectivity index (χ3n) is 4.41. The third-order valence-corrected chi connectivity index (χ3v) is 6.63. The lowest BCUT2D eigenvalue weighted by molar-refractivity contribution is -0.384. The number of hydrogen-bond acceptors (Lipinski definition) is 5. The van der Waals surface area contributed by atoms with Crippen LogP contribution in [0.3, 0.4) is 0 Å². The fraction of sp³-hybridized carbons (Fsp3) is 0.0455. The number of allylic oxidation sites excluding steroid dienone is 1. The molecule has 0 spiro atoms. The molecule has 0 aliphatic rings. The van der Waals surface area contributed by atoms with Gasteiger partial charge in [0.2, 0.25) is 5.78 Å².